The van der Waals surface area contributed by atoms with Crippen molar-refractivity contribution in [1.82, 2.24) is 14.9 Å². The number of hydrogen-bond acceptors (Lipinski definition) is 7. The molecule has 1 aromatic heterocycles. The van der Waals surface area contributed by atoms with Crippen LogP contribution in [0.5, 0.6) is 0 Å². The number of carbonyl (C=O) groups excluding carboxylic acids is 3. The summed E-state index contributed by atoms with van der Waals surface area (Å²) in [7, 11) is 3.31. The summed E-state index contributed by atoms with van der Waals surface area (Å²) in [5.41, 5.74) is 11.8. The minimum Gasteiger partial charge on any atom is -0.368 e. The van der Waals surface area contributed by atoms with E-state index < -0.39 is 17.9 Å². The number of amides is 3. The lowest BCUT2D eigenvalue weighted by Gasteiger charge is -2.19. The molecular weight excluding hydrogens is 386 g/mol. The van der Waals surface area contributed by atoms with Crippen molar-refractivity contribution in [2.75, 3.05) is 24.7 Å². The Hall–Kier alpha value is -3.69. The molecule has 1 heterocycles. The Morgan fingerprint density at radius 1 is 1.17 bits per heavy atom. The first-order valence-electron chi connectivity index (χ1n) is 9.40. The van der Waals surface area contributed by atoms with Gasteiger partial charge in [-0.25, -0.2) is 9.97 Å². The molecule has 2 aromatic rings. The largest absolute Gasteiger partial charge is 0.368 e. The van der Waals surface area contributed by atoms with Crippen molar-refractivity contribution in [3.8, 4) is 0 Å². The fourth-order valence-electron chi connectivity index (χ4n) is 2.75. The summed E-state index contributed by atoms with van der Waals surface area (Å²) in [5, 5.41) is 5.92. The summed E-state index contributed by atoms with van der Waals surface area (Å²) in [6.45, 7) is 3.93. The highest BCUT2D eigenvalue weighted by Crippen LogP contribution is 2.21. The SMILES string of the molecule is CC(C)C[C@@H](Nc1cnc(C(N)=O)c(Nc2cccc(C(=O)N(C)C)c2)n1)C(N)=O. The summed E-state index contributed by atoms with van der Waals surface area (Å²) < 4.78 is 0. The number of carbonyl (C=O) groups is 3. The molecule has 0 unspecified atom stereocenters. The highest BCUT2D eigenvalue weighted by molar-refractivity contribution is 5.97. The summed E-state index contributed by atoms with van der Waals surface area (Å²) in [6, 6.07) is 6.07. The molecule has 0 spiro atoms. The van der Waals surface area contributed by atoms with Gasteiger partial charge in [0.15, 0.2) is 11.5 Å². The molecule has 2 rings (SSSR count). The smallest absolute Gasteiger partial charge is 0.271 e. The lowest BCUT2D eigenvalue weighted by atomic mass is 10.0. The normalized spacial score (nSPS) is 11.6. The Morgan fingerprint density at radius 3 is 2.43 bits per heavy atom. The second-order valence-corrected chi connectivity index (χ2v) is 7.45. The highest BCUT2D eigenvalue weighted by Gasteiger charge is 2.20. The van der Waals surface area contributed by atoms with Crippen LogP contribution in [0.2, 0.25) is 0 Å². The van der Waals surface area contributed by atoms with Gasteiger partial charge in [-0.1, -0.05) is 19.9 Å². The number of nitrogens with one attached hydrogen (secondary N) is 2. The van der Waals surface area contributed by atoms with E-state index in [9.17, 15) is 14.4 Å². The van der Waals surface area contributed by atoms with Crippen molar-refractivity contribution in [3.05, 3.63) is 41.7 Å². The van der Waals surface area contributed by atoms with E-state index >= 15 is 0 Å². The van der Waals surface area contributed by atoms with Gasteiger partial charge in [-0.3, -0.25) is 14.4 Å². The zero-order chi connectivity index (χ0) is 22.4. The third-order valence-corrected chi connectivity index (χ3v) is 4.16. The summed E-state index contributed by atoms with van der Waals surface area (Å²) >= 11 is 0. The molecule has 6 N–H and O–H groups in total. The van der Waals surface area contributed by atoms with Crippen molar-refractivity contribution < 1.29 is 14.4 Å². The monoisotopic (exact) mass is 413 g/mol. The number of nitrogens with two attached hydrogens (primary N) is 2. The van der Waals surface area contributed by atoms with Gasteiger partial charge in [-0.2, -0.15) is 0 Å². The fourth-order valence-corrected chi connectivity index (χ4v) is 2.75. The van der Waals surface area contributed by atoms with E-state index in [1.54, 1.807) is 38.4 Å². The maximum atomic E-state index is 12.2. The van der Waals surface area contributed by atoms with Crippen LogP contribution in [0.1, 0.15) is 41.1 Å². The molecule has 0 bridgehead atoms. The molecule has 0 aliphatic carbocycles. The zero-order valence-electron chi connectivity index (χ0n) is 17.5. The molecule has 30 heavy (non-hydrogen) atoms. The number of primary amides is 2. The van der Waals surface area contributed by atoms with Crippen molar-refractivity contribution in [2.45, 2.75) is 26.3 Å². The minimum absolute atomic E-state index is 0.0793. The molecule has 0 aliphatic rings. The van der Waals surface area contributed by atoms with Gasteiger partial charge in [-0.05, 0) is 30.5 Å². The molecule has 1 atom stereocenters. The van der Waals surface area contributed by atoms with Gasteiger partial charge in [-0.15, -0.1) is 0 Å². The van der Waals surface area contributed by atoms with Crippen LogP contribution in [0.15, 0.2) is 30.5 Å². The predicted molar refractivity (Wildman–Crippen MR) is 114 cm³/mol. The molecule has 10 heteroatoms. The second-order valence-electron chi connectivity index (χ2n) is 7.45. The molecule has 0 aliphatic heterocycles. The zero-order valence-corrected chi connectivity index (χ0v) is 17.5. The minimum atomic E-state index is -0.772. The van der Waals surface area contributed by atoms with Gasteiger partial charge in [0.1, 0.15) is 11.9 Å². The molecule has 0 saturated heterocycles. The second kappa shape index (κ2) is 9.68. The number of anilines is 3. The van der Waals surface area contributed by atoms with E-state index in [1.165, 1.54) is 11.1 Å². The predicted octanol–water partition coefficient (Wildman–Crippen LogP) is 1.33. The highest BCUT2D eigenvalue weighted by atomic mass is 16.2. The van der Waals surface area contributed by atoms with Crippen molar-refractivity contribution in [3.63, 3.8) is 0 Å². The molecule has 1 aromatic carbocycles. The molecule has 0 radical (unpaired) electrons. The number of hydrogen-bond donors (Lipinski definition) is 4. The fraction of sp³-hybridized carbons (Fsp3) is 0.350. The van der Waals surface area contributed by atoms with E-state index in [0.717, 1.165) is 0 Å². The maximum Gasteiger partial charge on any atom is 0.271 e. The molecular formula is C20H27N7O3. The van der Waals surface area contributed by atoms with E-state index in [4.69, 9.17) is 11.5 Å². The molecule has 160 valence electrons. The van der Waals surface area contributed by atoms with Gasteiger partial charge >= 0.3 is 0 Å². The number of nitrogens with zero attached hydrogens (tertiary/aromatic N) is 3. The van der Waals surface area contributed by atoms with Crippen LogP contribution in [0.3, 0.4) is 0 Å². The Balaban J connectivity index is 2.35. The van der Waals surface area contributed by atoms with Crippen LogP contribution >= 0.6 is 0 Å². The third kappa shape index (κ3) is 5.90. The van der Waals surface area contributed by atoms with Crippen LogP contribution in [0.4, 0.5) is 17.3 Å². The van der Waals surface area contributed by atoms with Gasteiger partial charge in [0.05, 0.1) is 6.20 Å². The topological polar surface area (TPSA) is 156 Å². The van der Waals surface area contributed by atoms with Gasteiger partial charge in [0, 0.05) is 25.3 Å². The van der Waals surface area contributed by atoms with E-state index in [-0.39, 0.29) is 29.2 Å². The number of aromatic nitrogens is 2. The lowest BCUT2D eigenvalue weighted by molar-refractivity contribution is -0.119. The summed E-state index contributed by atoms with van der Waals surface area (Å²) in [4.78, 5) is 45.6. The molecule has 0 fully saturated rings. The Morgan fingerprint density at radius 2 is 1.87 bits per heavy atom. The molecule has 3 amide bonds. The Bertz CT molecular complexity index is 944. The molecule has 0 saturated carbocycles. The van der Waals surface area contributed by atoms with Gasteiger partial charge in [0.2, 0.25) is 5.91 Å². The first-order chi connectivity index (χ1) is 14.1. The summed E-state index contributed by atoms with van der Waals surface area (Å²) in [5.74, 6) is -0.891. The van der Waals surface area contributed by atoms with Crippen LogP contribution in [0, 0.1) is 5.92 Å². The third-order valence-electron chi connectivity index (χ3n) is 4.16. The maximum absolute atomic E-state index is 12.2. The van der Waals surface area contributed by atoms with Gasteiger partial charge in [0.25, 0.3) is 11.8 Å². The number of rotatable bonds is 9. The van der Waals surface area contributed by atoms with Crippen LogP contribution in [-0.4, -0.2) is 52.7 Å². The van der Waals surface area contributed by atoms with E-state index in [1.807, 2.05) is 13.8 Å². The van der Waals surface area contributed by atoms with Crippen LogP contribution in [-0.2, 0) is 4.79 Å². The Labute approximate surface area is 175 Å². The van der Waals surface area contributed by atoms with Crippen molar-refractivity contribution in [2.24, 2.45) is 17.4 Å². The van der Waals surface area contributed by atoms with Crippen molar-refractivity contribution in [1.29, 1.82) is 0 Å². The van der Waals surface area contributed by atoms with E-state index in [0.29, 0.717) is 17.7 Å². The van der Waals surface area contributed by atoms with E-state index in [2.05, 4.69) is 20.6 Å². The number of benzene rings is 1. The van der Waals surface area contributed by atoms with Gasteiger partial charge < -0.3 is 27.0 Å². The van der Waals surface area contributed by atoms with Crippen LogP contribution < -0.4 is 22.1 Å². The average Bonchev–Trinajstić information content (AvgIpc) is 2.66. The lowest BCUT2D eigenvalue weighted by Crippen LogP contribution is -2.37. The Kier molecular flexibility index (Phi) is 7.29. The van der Waals surface area contributed by atoms with Crippen LogP contribution in [0.25, 0.3) is 0 Å². The summed E-state index contributed by atoms with van der Waals surface area (Å²) in [6.07, 6.45) is 1.82. The molecule has 10 nitrogen and oxygen atoms in total. The quantitative estimate of drug-likeness (QED) is 0.483. The standard InChI is InChI=1S/C20H27N7O3/c1-11(2)8-14(17(21)28)25-15-10-23-16(18(22)29)19(26-15)24-13-7-5-6-12(9-13)20(30)27(3)4/h5-7,9-11,14H,8H2,1-4H3,(H2,21,28)(H2,22,29)(H2,24,25,26)/t14-/m1/s1. The average molecular weight is 413 g/mol. The van der Waals surface area contributed by atoms with Crippen molar-refractivity contribution >= 4 is 35.0 Å². The first-order valence-corrected chi connectivity index (χ1v) is 9.40. The first kappa shape index (κ1) is 22.6.